The number of ether oxygens (including phenoxy) is 2. The molecule has 1 aromatic carbocycles. The maximum absolute atomic E-state index is 5.41. The molecule has 25 heavy (non-hydrogen) atoms. The van der Waals surface area contributed by atoms with Gasteiger partial charge in [-0.1, -0.05) is 12.1 Å². The number of hydrogen-bond donors (Lipinski definition) is 2. The molecule has 0 unspecified atom stereocenters. The lowest BCUT2D eigenvalue weighted by molar-refractivity contribution is 0.295. The molecule has 0 atom stereocenters. The van der Waals surface area contributed by atoms with Crippen LogP contribution in [-0.2, 0) is 0 Å². The average Bonchev–Trinajstić information content (AvgIpc) is 2.82. The van der Waals surface area contributed by atoms with Crippen LogP contribution < -0.4 is 25.4 Å². The lowest BCUT2D eigenvalue weighted by atomic mass is 9.69. The first-order chi connectivity index (χ1) is 11.8. The van der Waals surface area contributed by atoms with Gasteiger partial charge in [0.2, 0.25) is 0 Å². The molecule has 2 N–H and O–H groups in total. The quantitative estimate of drug-likeness (QED) is 0.837. The minimum Gasteiger partial charge on any atom is -0.493 e. The Kier molecular flexibility index (Phi) is 4.52. The summed E-state index contributed by atoms with van der Waals surface area (Å²) in [6.45, 7) is 8.92. The van der Waals surface area contributed by atoms with Gasteiger partial charge in [-0.3, -0.25) is 4.98 Å². The highest BCUT2D eigenvalue weighted by Crippen LogP contribution is 2.32. The summed E-state index contributed by atoms with van der Waals surface area (Å²) in [6, 6.07) is 8.07. The summed E-state index contributed by atoms with van der Waals surface area (Å²) in [5, 5.41) is 7.32. The van der Waals surface area contributed by atoms with Crippen LogP contribution in [0.25, 0.3) is 11.1 Å². The van der Waals surface area contributed by atoms with Gasteiger partial charge in [0, 0.05) is 23.5 Å². The summed E-state index contributed by atoms with van der Waals surface area (Å²) in [4.78, 5) is 4.45. The molecule has 0 aliphatic carbocycles. The van der Waals surface area contributed by atoms with Crippen LogP contribution in [-0.4, -0.2) is 37.3 Å². The Hall–Kier alpha value is -2.05. The number of methoxy groups -OCH3 is 2. The fraction of sp³-hybridized carbons (Fsp3) is 0.421. The van der Waals surface area contributed by atoms with E-state index in [9.17, 15) is 0 Å². The van der Waals surface area contributed by atoms with Crippen molar-refractivity contribution in [2.45, 2.75) is 38.8 Å². The number of aromatic nitrogens is 1. The molecule has 2 aromatic rings. The summed E-state index contributed by atoms with van der Waals surface area (Å²) in [6.07, 6.45) is 3.78. The van der Waals surface area contributed by atoms with Crippen LogP contribution in [0.15, 0.2) is 36.7 Å². The molecule has 0 saturated carbocycles. The Morgan fingerprint density at radius 2 is 1.48 bits per heavy atom. The standard InChI is InChI=1S/C19H26BN3O2/c1-18(2)19(3,4)23-20(22-18)15-9-14(11-21-12-15)13-7-8-16(24-5)17(10-13)25-6/h7-12,22-23H,1-6H3. The largest absolute Gasteiger partial charge is 0.493 e. The third kappa shape index (κ3) is 3.24. The van der Waals surface area contributed by atoms with Crippen LogP contribution in [0.3, 0.4) is 0 Å². The molecule has 0 radical (unpaired) electrons. The second-order valence-corrected chi connectivity index (χ2v) is 7.55. The fourth-order valence-electron chi connectivity index (χ4n) is 3.07. The van der Waals surface area contributed by atoms with Crippen molar-refractivity contribution in [2.24, 2.45) is 0 Å². The fourth-order valence-corrected chi connectivity index (χ4v) is 3.07. The normalized spacial score (nSPS) is 18.2. The Morgan fingerprint density at radius 1 is 0.840 bits per heavy atom. The van der Waals surface area contributed by atoms with Crippen molar-refractivity contribution in [3.8, 4) is 22.6 Å². The minimum atomic E-state index is -0.0169. The number of benzene rings is 1. The molecule has 0 spiro atoms. The smallest absolute Gasteiger partial charge is 0.343 e. The highest BCUT2D eigenvalue weighted by atomic mass is 16.5. The Labute approximate surface area is 150 Å². The van der Waals surface area contributed by atoms with E-state index < -0.39 is 0 Å². The molecule has 1 aromatic heterocycles. The Morgan fingerprint density at radius 3 is 2.08 bits per heavy atom. The zero-order valence-electron chi connectivity index (χ0n) is 15.8. The molecule has 5 nitrogen and oxygen atoms in total. The van der Waals surface area contributed by atoms with Crippen LogP contribution in [0.5, 0.6) is 11.5 Å². The van der Waals surface area contributed by atoms with Gasteiger partial charge in [0.1, 0.15) is 0 Å². The predicted molar refractivity (Wildman–Crippen MR) is 103 cm³/mol. The van der Waals surface area contributed by atoms with Gasteiger partial charge in [0.25, 0.3) is 0 Å². The lowest BCUT2D eigenvalue weighted by Gasteiger charge is -2.34. The molecule has 2 heterocycles. The van der Waals surface area contributed by atoms with E-state index in [-0.39, 0.29) is 18.1 Å². The number of hydrogen-bond acceptors (Lipinski definition) is 5. The molecule has 1 fully saturated rings. The molecule has 3 rings (SSSR count). The van der Waals surface area contributed by atoms with Gasteiger partial charge in [-0.2, -0.15) is 0 Å². The van der Waals surface area contributed by atoms with Crippen molar-refractivity contribution in [1.29, 1.82) is 0 Å². The molecular weight excluding hydrogens is 313 g/mol. The van der Waals surface area contributed by atoms with Gasteiger partial charge < -0.3 is 19.9 Å². The number of rotatable bonds is 4. The van der Waals surface area contributed by atoms with Gasteiger partial charge >= 0.3 is 6.98 Å². The third-order valence-electron chi connectivity index (χ3n) is 5.38. The van der Waals surface area contributed by atoms with Gasteiger partial charge in [-0.15, -0.1) is 0 Å². The van der Waals surface area contributed by atoms with Gasteiger partial charge in [-0.05, 0) is 56.4 Å². The van der Waals surface area contributed by atoms with Crippen molar-refractivity contribution in [1.82, 2.24) is 15.4 Å². The van der Waals surface area contributed by atoms with Gasteiger partial charge in [0.05, 0.1) is 14.2 Å². The SMILES string of the molecule is COc1ccc(-c2cncc(B3NC(C)(C)C(C)(C)N3)c2)cc1OC. The topological polar surface area (TPSA) is 55.4 Å². The molecular formula is C19H26BN3O2. The van der Waals surface area contributed by atoms with Crippen molar-refractivity contribution in [2.75, 3.05) is 14.2 Å². The first-order valence-corrected chi connectivity index (χ1v) is 8.50. The molecule has 1 aliphatic rings. The highest BCUT2D eigenvalue weighted by molar-refractivity contribution is 6.69. The predicted octanol–water partition coefficient (Wildman–Crippen LogP) is 2.21. The second-order valence-electron chi connectivity index (χ2n) is 7.55. The zero-order chi connectivity index (χ0) is 18.2. The highest BCUT2D eigenvalue weighted by Gasteiger charge is 2.47. The summed E-state index contributed by atoms with van der Waals surface area (Å²) >= 11 is 0. The van der Waals surface area contributed by atoms with Crippen LogP contribution >= 0.6 is 0 Å². The third-order valence-corrected chi connectivity index (χ3v) is 5.38. The molecule has 1 aliphatic heterocycles. The maximum atomic E-state index is 5.41. The van der Waals surface area contributed by atoms with Crippen molar-refractivity contribution in [3.63, 3.8) is 0 Å². The number of pyridine rings is 1. The first-order valence-electron chi connectivity index (χ1n) is 8.50. The van der Waals surface area contributed by atoms with E-state index in [4.69, 9.17) is 9.47 Å². The van der Waals surface area contributed by atoms with Crippen LogP contribution in [0.1, 0.15) is 27.7 Å². The van der Waals surface area contributed by atoms with E-state index in [0.29, 0.717) is 5.75 Å². The van der Waals surface area contributed by atoms with E-state index in [1.165, 1.54) is 0 Å². The van der Waals surface area contributed by atoms with E-state index in [1.807, 2.05) is 30.6 Å². The second kappa shape index (κ2) is 6.35. The minimum absolute atomic E-state index is 0.0169. The molecule has 1 saturated heterocycles. The van der Waals surface area contributed by atoms with Crippen LogP contribution in [0.4, 0.5) is 0 Å². The molecule has 0 bridgehead atoms. The van der Waals surface area contributed by atoms with Gasteiger partial charge in [-0.25, -0.2) is 0 Å². The van der Waals surface area contributed by atoms with E-state index in [1.54, 1.807) is 14.2 Å². The summed E-state index contributed by atoms with van der Waals surface area (Å²) < 4.78 is 10.7. The first kappa shape index (κ1) is 17.8. The number of nitrogens with zero attached hydrogens (tertiary/aromatic N) is 1. The molecule has 132 valence electrons. The van der Waals surface area contributed by atoms with Crippen molar-refractivity contribution in [3.05, 3.63) is 36.7 Å². The average molecular weight is 339 g/mol. The molecule has 6 heteroatoms. The Balaban J connectivity index is 1.93. The van der Waals surface area contributed by atoms with Crippen LogP contribution in [0.2, 0.25) is 0 Å². The zero-order valence-corrected chi connectivity index (χ0v) is 15.8. The lowest BCUT2D eigenvalue weighted by Crippen LogP contribution is -2.51. The van der Waals surface area contributed by atoms with Crippen molar-refractivity contribution < 1.29 is 9.47 Å². The maximum Gasteiger partial charge on any atom is 0.343 e. The van der Waals surface area contributed by atoms with E-state index in [2.05, 4.69) is 49.2 Å². The molecule has 0 amide bonds. The Bertz CT molecular complexity index is 761. The van der Waals surface area contributed by atoms with Crippen LogP contribution in [0, 0.1) is 0 Å². The number of nitrogens with one attached hydrogen (secondary N) is 2. The summed E-state index contributed by atoms with van der Waals surface area (Å²) in [5.74, 6) is 1.43. The van der Waals surface area contributed by atoms with Gasteiger partial charge in [0.15, 0.2) is 11.5 Å². The van der Waals surface area contributed by atoms with E-state index >= 15 is 0 Å². The van der Waals surface area contributed by atoms with E-state index in [0.717, 1.165) is 22.3 Å². The summed E-state index contributed by atoms with van der Waals surface area (Å²) in [5.41, 5.74) is 3.17. The summed E-state index contributed by atoms with van der Waals surface area (Å²) in [7, 11) is 3.29. The monoisotopic (exact) mass is 339 g/mol. The van der Waals surface area contributed by atoms with Crippen molar-refractivity contribution >= 4 is 12.4 Å².